The average Bonchev–Trinajstić information content (AvgIpc) is 2.27. The molecule has 0 saturated carbocycles. The largest absolute Gasteiger partial charge is 0.481 e. The Morgan fingerprint density at radius 1 is 0.722 bits per heavy atom. The van der Waals surface area contributed by atoms with E-state index in [1.54, 1.807) is 0 Å². The van der Waals surface area contributed by atoms with Crippen LogP contribution >= 0.6 is 0 Å². The van der Waals surface area contributed by atoms with Crippen LogP contribution in [0.2, 0.25) is 0 Å². The molecule has 2 unspecified atom stereocenters. The van der Waals surface area contributed by atoms with E-state index in [9.17, 15) is 14.4 Å². The van der Waals surface area contributed by atoms with E-state index in [-0.39, 0.29) is 25.7 Å². The van der Waals surface area contributed by atoms with Crippen molar-refractivity contribution in [3.63, 3.8) is 0 Å². The zero-order valence-electron chi connectivity index (χ0n) is 10.6. The molecule has 0 amide bonds. The van der Waals surface area contributed by atoms with Crippen molar-refractivity contribution in [2.45, 2.75) is 39.5 Å². The van der Waals surface area contributed by atoms with Crippen molar-refractivity contribution in [1.29, 1.82) is 0 Å². The summed E-state index contributed by atoms with van der Waals surface area (Å²) in [6.07, 6.45) is 1.09. The number of rotatable bonds is 9. The maximum Gasteiger partial charge on any atom is 0.306 e. The van der Waals surface area contributed by atoms with Crippen LogP contribution in [0.1, 0.15) is 39.5 Å². The maximum atomic E-state index is 11.0. The third-order valence-electron chi connectivity index (χ3n) is 3.09. The van der Waals surface area contributed by atoms with Crippen molar-refractivity contribution < 1.29 is 29.7 Å². The molecule has 0 fully saturated rings. The smallest absolute Gasteiger partial charge is 0.306 e. The molecule has 18 heavy (non-hydrogen) atoms. The molecule has 0 radical (unpaired) electrons. The Kier molecular flexibility index (Phi) is 7.00. The standard InChI is InChI=1S/C12H20O6/c1-7(10(13)14)3-5-9(12(17)18)6-4-8(2)11(15)16/h7-9H,3-6H2,1-2H3,(H,13,14)(H,15,16)(H,17,18). The molecule has 0 aromatic carbocycles. The maximum absolute atomic E-state index is 11.0. The lowest BCUT2D eigenvalue weighted by Gasteiger charge is -2.15. The fourth-order valence-electron chi connectivity index (χ4n) is 1.54. The first-order valence-electron chi connectivity index (χ1n) is 5.94. The summed E-state index contributed by atoms with van der Waals surface area (Å²) in [5, 5.41) is 26.4. The minimum atomic E-state index is -0.995. The molecule has 0 aromatic heterocycles. The van der Waals surface area contributed by atoms with E-state index in [0.29, 0.717) is 0 Å². The fraction of sp³-hybridized carbons (Fsp3) is 0.750. The van der Waals surface area contributed by atoms with Gasteiger partial charge < -0.3 is 15.3 Å². The number of carboxylic acid groups (broad SMARTS) is 3. The highest BCUT2D eigenvalue weighted by molar-refractivity contribution is 5.72. The monoisotopic (exact) mass is 260 g/mol. The Bertz CT molecular complexity index is 288. The van der Waals surface area contributed by atoms with Crippen molar-refractivity contribution in [1.82, 2.24) is 0 Å². The van der Waals surface area contributed by atoms with Crippen molar-refractivity contribution in [3.8, 4) is 0 Å². The molecule has 104 valence electrons. The van der Waals surface area contributed by atoms with Gasteiger partial charge in [-0.1, -0.05) is 13.8 Å². The quantitative estimate of drug-likeness (QED) is 0.581. The van der Waals surface area contributed by atoms with Gasteiger partial charge in [0.1, 0.15) is 0 Å². The zero-order chi connectivity index (χ0) is 14.3. The lowest BCUT2D eigenvalue weighted by Crippen LogP contribution is -2.19. The van der Waals surface area contributed by atoms with Crippen molar-refractivity contribution >= 4 is 17.9 Å². The van der Waals surface area contributed by atoms with Gasteiger partial charge in [0.25, 0.3) is 0 Å². The van der Waals surface area contributed by atoms with Gasteiger partial charge in [-0.05, 0) is 25.7 Å². The molecule has 3 N–H and O–H groups in total. The van der Waals surface area contributed by atoms with Crippen LogP contribution in [0.3, 0.4) is 0 Å². The lowest BCUT2D eigenvalue weighted by molar-refractivity contribution is -0.145. The zero-order valence-corrected chi connectivity index (χ0v) is 10.6. The van der Waals surface area contributed by atoms with E-state index in [0.717, 1.165) is 0 Å². The first-order valence-corrected chi connectivity index (χ1v) is 5.94. The van der Waals surface area contributed by atoms with Crippen molar-refractivity contribution in [3.05, 3.63) is 0 Å². The summed E-state index contributed by atoms with van der Waals surface area (Å²) in [6.45, 7) is 3.06. The lowest BCUT2D eigenvalue weighted by atomic mass is 9.90. The van der Waals surface area contributed by atoms with Gasteiger partial charge in [-0.15, -0.1) is 0 Å². The first-order chi connectivity index (χ1) is 8.25. The summed E-state index contributed by atoms with van der Waals surface area (Å²) in [6, 6.07) is 0. The SMILES string of the molecule is CC(CCC(CCC(C)C(=O)O)C(=O)O)C(=O)O. The Hall–Kier alpha value is -1.59. The molecule has 0 aliphatic carbocycles. The van der Waals surface area contributed by atoms with Crippen LogP contribution < -0.4 is 0 Å². The van der Waals surface area contributed by atoms with E-state index in [2.05, 4.69) is 0 Å². The van der Waals surface area contributed by atoms with Crippen LogP contribution in [0, 0.1) is 17.8 Å². The van der Waals surface area contributed by atoms with Gasteiger partial charge in [-0.2, -0.15) is 0 Å². The molecule has 0 rings (SSSR count). The number of hydrogen-bond donors (Lipinski definition) is 3. The van der Waals surface area contributed by atoms with Crippen LogP contribution in [0.15, 0.2) is 0 Å². The van der Waals surface area contributed by atoms with Crippen molar-refractivity contribution in [2.24, 2.45) is 17.8 Å². The Morgan fingerprint density at radius 2 is 1.06 bits per heavy atom. The molecule has 0 bridgehead atoms. The van der Waals surface area contributed by atoms with Crippen molar-refractivity contribution in [2.75, 3.05) is 0 Å². The van der Waals surface area contributed by atoms with Crippen LogP contribution in [0.5, 0.6) is 0 Å². The van der Waals surface area contributed by atoms with Gasteiger partial charge in [-0.25, -0.2) is 0 Å². The van der Waals surface area contributed by atoms with Crippen LogP contribution in [-0.2, 0) is 14.4 Å². The Morgan fingerprint density at radius 3 is 1.28 bits per heavy atom. The second-order valence-corrected chi connectivity index (χ2v) is 4.67. The second-order valence-electron chi connectivity index (χ2n) is 4.67. The number of carboxylic acids is 3. The van der Waals surface area contributed by atoms with E-state index in [4.69, 9.17) is 15.3 Å². The molecule has 0 aromatic rings. The highest BCUT2D eigenvalue weighted by atomic mass is 16.4. The predicted octanol–water partition coefficient (Wildman–Crippen LogP) is 1.69. The van der Waals surface area contributed by atoms with Gasteiger partial charge in [0.15, 0.2) is 0 Å². The second kappa shape index (κ2) is 7.68. The number of carbonyl (C=O) groups is 3. The van der Waals surface area contributed by atoms with Gasteiger partial charge >= 0.3 is 17.9 Å². The van der Waals surface area contributed by atoms with Gasteiger partial charge in [-0.3, -0.25) is 14.4 Å². The topological polar surface area (TPSA) is 112 Å². The predicted molar refractivity (Wildman–Crippen MR) is 63.2 cm³/mol. The molecule has 0 heterocycles. The molecule has 2 atom stereocenters. The Labute approximate surface area is 106 Å². The highest BCUT2D eigenvalue weighted by Gasteiger charge is 2.22. The summed E-state index contributed by atoms with van der Waals surface area (Å²) in [5.41, 5.74) is 0. The van der Waals surface area contributed by atoms with Gasteiger partial charge in [0, 0.05) is 0 Å². The molecule has 0 saturated heterocycles. The minimum absolute atomic E-state index is 0.259. The molecular formula is C12H20O6. The highest BCUT2D eigenvalue weighted by Crippen LogP contribution is 2.20. The van der Waals surface area contributed by atoms with Crippen LogP contribution in [-0.4, -0.2) is 33.2 Å². The average molecular weight is 260 g/mol. The van der Waals surface area contributed by atoms with Crippen LogP contribution in [0.4, 0.5) is 0 Å². The molecule has 0 aliphatic heterocycles. The molecule has 0 aliphatic rings. The molecule has 0 spiro atoms. The van der Waals surface area contributed by atoms with Gasteiger partial charge in [0.05, 0.1) is 17.8 Å². The van der Waals surface area contributed by atoms with E-state index < -0.39 is 35.7 Å². The van der Waals surface area contributed by atoms with E-state index >= 15 is 0 Å². The third kappa shape index (κ3) is 6.22. The number of hydrogen-bond acceptors (Lipinski definition) is 3. The third-order valence-corrected chi connectivity index (χ3v) is 3.09. The molecular weight excluding hydrogens is 240 g/mol. The normalized spacial score (nSPS) is 15.7. The van der Waals surface area contributed by atoms with Crippen LogP contribution in [0.25, 0.3) is 0 Å². The minimum Gasteiger partial charge on any atom is -0.481 e. The van der Waals surface area contributed by atoms with E-state index in [1.807, 2.05) is 0 Å². The summed E-state index contributed by atoms with van der Waals surface area (Å²) in [4.78, 5) is 32.2. The Balaban J connectivity index is 4.20. The number of aliphatic carboxylic acids is 3. The van der Waals surface area contributed by atoms with E-state index in [1.165, 1.54) is 13.8 Å². The summed E-state index contributed by atoms with van der Waals surface area (Å²) in [7, 11) is 0. The first kappa shape index (κ1) is 16.4. The molecule has 6 nitrogen and oxygen atoms in total. The summed E-state index contributed by atoms with van der Waals surface area (Å²) in [5.74, 6) is -4.72. The van der Waals surface area contributed by atoms with Gasteiger partial charge in [0.2, 0.25) is 0 Å². The molecule has 6 heteroatoms. The fourth-order valence-corrected chi connectivity index (χ4v) is 1.54. The summed E-state index contributed by atoms with van der Waals surface area (Å²) >= 11 is 0. The summed E-state index contributed by atoms with van der Waals surface area (Å²) < 4.78 is 0.